The monoisotopic (exact) mass is 401 g/mol. The Morgan fingerprint density at radius 3 is 2.00 bits per heavy atom. The van der Waals surface area contributed by atoms with Gasteiger partial charge in [0.05, 0.1) is 12.7 Å². The summed E-state index contributed by atoms with van der Waals surface area (Å²) in [6.45, 7) is 0. The molecule has 1 aromatic heterocycles. The first-order valence-corrected chi connectivity index (χ1v) is 5.32. The summed E-state index contributed by atoms with van der Waals surface area (Å²) in [5.74, 6) is -3.85. The summed E-state index contributed by atoms with van der Waals surface area (Å²) in [6.07, 6.45) is 0.791. The third kappa shape index (κ3) is 12.3. The molecule has 0 aromatic carbocycles. The van der Waals surface area contributed by atoms with Crippen molar-refractivity contribution in [2.75, 3.05) is 0 Å². The molecule has 1 heterocycles. The summed E-state index contributed by atoms with van der Waals surface area (Å²) in [5.41, 5.74) is 6.00. The van der Waals surface area contributed by atoms with Gasteiger partial charge in [-0.15, -0.1) is 0 Å². The second-order valence-corrected chi connectivity index (χ2v) is 3.68. The van der Waals surface area contributed by atoms with Crippen LogP contribution in [0.2, 0.25) is 0 Å². The molecule has 10 nitrogen and oxygen atoms in total. The van der Waals surface area contributed by atoms with Crippen LogP contribution in [0.4, 0.5) is 0 Å². The van der Waals surface area contributed by atoms with E-state index in [-0.39, 0.29) is 40.6 Å². The van der Waals surface area contributed by atoms with Gasteiger partial charge in [0.15, 0.2) is 6.10 Å². The number of nitrogens with two attached hydrogens (primary N) is 1. The molecule has 128 valence electrons. The summed E-state index contributed by atoms with van der Waals surface area (Å²) in [7, 11) is 0. The van der Waals surface area contributed by atoms with E-state index in [1.807, 2.05) is 0 Å². The maximum Gasteiger partial charge on any atom is 0.333 e. The average molecular weight is 401 g/mol. The Morgan fingerprint density at radius 1 is 1.18 bits per heavy atom. The average Bonchev–Trinajstić information content (AvgIpc) is 2.81. The maximum atomic E-state index is 10.3. The normalized spacial score (nSPS) is 11.5. The molecule has 0 fully saturated rings. The van der Waals surface area contributed by atoms with Crippen LogP contribution < -0.4 is 5.73 Å². The van der Waals surface area contributed by atoms with E-state index in [4.69, 9.17) is 26.2 Å². The van der Waals surface area contributed by atoms with Crippen molar-refractivity contribution in [3.8, 4) is 0 Å². The minimum Gasteiger partial charge on any atom is -0.481 e. The molecule has 0 aliphatic rings. The molecule has 0 radical (unpaired) electrons. The Kier molecular flexibility index (Phi) is 15.4. The number of aromatic amines is 1. The first-order valence-electron chi connectivity index (χ1n) is 5.32. The van der Waals surface area contributed by atoms with Crippen LogP contribution >= 0.6 is 0 Å². The number of hydrogen-bond donors (Lipinski definition) is 6. The molecule has 0 saturated carbocycles. The molecule has 1 rings (SSSR count). The molecule has 0 saturated heterocycles. The summed E-state index contributed by atoms with van der Waals surface area (Å²) in [4.78, 5) is 36.2. The van der Waals surface area contributed by atoms with Crippen molar-refractivity contribution in [2.24, 2.45) is 5.73 Å². The Balaban J connectivity index is -0.000000307. The van der Waals surface area contributed by atoms with Crippen LogP contribution in [-0.2, 0) is 54.9 Å². The van der Waals surface area contributed by atoms with Crippen LogP contribution in [0.15, 0.2) is 12.5 Å². The van der Waals surface area contributed by atoms with Gasteiger partial charge in [-0.1, -0.05) is 0 Å². The van der Waals surface area contributed by atoms with Crippen LogP contribution in [-0.4, -0.2) is 60.4 Å². The van der Waals surface area contributed by atoms with Gasteiger partial charge in [0.2, 0.25) is 0 Å². The molecule has 0 bridgehead atoms. The summed E-state index contributed by atoms with van der Waals surface area (Å²) in [5, 5.41) is 32.6. The second-order valence-electron chi connectivity index (χ2n) is 3.68. The number of carbonyl (C=O) groups is 3. The number of aliphatic hydroxyl groups is 1. The predicted molar refractivity (Wildman–Crippen MR) is 63.8 cm³/mol. The Labute approximate surface area is 146 Å². The number of hydrogen-bond acceptors (Lipinski definition) is 6. The van der Waals surface area contributed by atoms with Gasteiger partial charge in [-0.2, -0.15) is 0 Å². The third-order valence-corrected chi connectivity index (χ3v) is 1.96. The fraction of sp³-hybridized carbons (Fsp3) is 0.400. The SMILES string of the molecule is N[C@@H](Cc1cnc[nH]1)C(=O)O.O=C(O)CC(O)C(=O)O.[Fe].[Fe]. The number of aromatic nitrogens is 2. The van der Waals surface area contributed by atoms with E-state index in [0.29, 0.717) is 0 Å². The zero-order valence-electron chi connectivity index (χ0n) is 11.0. The zero-order valence-corrected chi connectivity index (χ0v) is 13.2. The van der Waals surface area contributed by atoms with Crippen LogP contribution in [0, 0.1) is 0 Å². The Hall–Kier alpha value is -1.42. The smallest absolute Gasteiger partial charge is 0.333 e. The summed E-state index contributed by atoms with van der Waals surface area (Å²) in [6, 6.07) is -0.851. The number of H-pyrrole nitrogens is 1. The van der Waals surface area contributed by atoms with E-state index in [1.54, 1.807) is 6.20 Å². The van der Waals surface area contributed by atoms with Gasteiger partial charge in [0, 0.05) is 52.4 Å². The van der Waals surface area contributed by atoms with Crippen molar-refractivity contribution in [3.05, 3.63) is 18.2 Å². The Bertz CT molecular complexity index is 455. The molecule has 0 spiro atoms. The van der Waals surface area contributed by atoms with Crippen molar-refractivity contribution in [1.29, 1.82) is 0 Å². The first kappa shape index (κ1) is 25.5. The van der Waals surface area contributed by atoms with Gasteiger partial charge < -0.3 is 31.1 Å². The fourth-order valence-electron chi connectivity index (χ4n) is 0.973. The van der Waals surface area contributed by atoms with Crippen LogP contribution in [0.25, 0.3) is 0 Å². The van der Waals surface area contributed by atoms with Crippen molar-refractivity contribution in [3.63, 3.8) is 0 Å². The summed E-state index contributed by atoms with van der Waals surface area (Å²) >= 11 is 0. The molecule has 0 aliphatic carbocycles. The van der Waals surface area contributed by atoms with E-state index >= 15 is 0 Å². The summed E-state index contributed by atoms with van der Waals surface area (Å²) < 4.78 is 0. The molecular formula is C10H15Fe2N3O7. The molecule has 0 aliphatic heterocycles. The molecule has 1 unspecified atom stereocenters. The van der Waals surface area contributed by atoms with E-state index in [2.05, 4.69) is 9.97 Å². The third-order valence-electron chi connectivity index (χ3n) is 1.96. The molecule has 7 N–H and O–H groups in total. The number of carboxylic acids is 3. The number of nitrogens with one attached hydrogen (secondary N) is 1. The maximum absolute atomic E-state index is 10.3. The molecule has 2 atom stereocenters. The van der Waals surface area contributed by atoms with Crippen LogP contribution in [0.3, 0.4) is 0 Å². The number of imidazole rings is 1. The van der Waals surface area contributed by atoms with Gasteiger partial charge in [-0.05, 0) is 0 Å². The van der Waals surface area contributed by atoms with Gasteiger partial charge in [-0.25, -0.2) is 9.78 Å². The standard InChI is InChI=1S/C6H9N3O2.C4H6O5.2Fe/c7-5(6(10)11)1-4-2-8-3-9-4;5-2(4(8)9)1-3(6)7;;/h2-3,5H,1,7H2,(H,8,9)(H,10,11);2,5H,1H2,(H,6,7)(H,8,9);;/t5-;;;/m0.../s1. The predicted octanol–water partition coefficient (Wildman–Crippen LogP) is -1.73. The van der Waals surface area contributed by atoms with E-state index < -0.39 is 36.5 Å². The number of rotatable bonds is 6. The number of carboxylic acid groups (broad SMARTS) is 3. The number of aliphatic hydroxyl groups excluding tert-OH is 1. The van der Waals surface area contributed by atoms with Gasteiger partial charge in [-0.3, -0.25) is 9.59 Å². The van der Waals surface area contributed by atoms with Crippen LogP contribution in [0.5, 0.6) is 0 Å². The second kappa shape index (κ2) is 13.3. The fourth-order valence-corrected chi connectivity index (χ4v) is 0.973. The van der Waals surface area contributed by atoms with Crippen molar-refractivity contribution < 1.29 is 68.9 Å². The zero-order chi connectivity index (χ0) is 15.7. The number of aliphatic carboxylic acids is 3. The van der Waals surface area contributed by atoms with Gasteiger partial charge in [0.25, 0.3) is 0 Å². The molecule has 0 amide bonds. The van der Waals surface area contributed by atoms with Gasteiger partial charge >= 0.3 is 17.9 Å². The number of nitrogens with zero attached hydrogens (tertiary/aromatic N) is 1. The minimum atomic E-state index is -1.79. The van der Waals surface area contributed by atoms with Crippen molar-refractivity contribution in [2.45, 2.75) is 25.0 Å². The van der Waals surface area contributed by atoms with Crippen molar-refractivity contribution >= 4 is 17.9 Å². The van der Waals surface area contributed by atoms with E-state index in [1.165, 1.54) is 6.33 Å². The quantitative estimate of drug-likeness (QED) is 0.301. The van der Waals surface area contributed by atoms with E-state index in [0.717, 1.165) is 5.69 Å². The molecule has 12 heteroatoms. The largest absolute Gasteiger partial charge is 0.481 e. The topological polar surface area (TPSA) is 187 Å². The molecule has 22 heavy (non-hydrogen) atoms. The minimum absolute atomic E-state index is 0. The first-order chi connectivity index (χ1) is 9.23. The molecule has 1 aromatic rings. The van der Waals surface area contributed by atoms with Gasteiger partial charge in [0.1, 0.15) is 6.04 Å². The van der Waals surface area contributed by atoms with Crippen LogP contribution in [0.1, 0.15) is 12.1 Å². The van der Waals surface area contributed by atoms with Crippen molar-refractivity contribution in [1.82, 2.24) is 9.97 Å². The molecular weight excluding hydrogens is 386 g/mol. The Morgan fingerprint density at radius 2 is 1.73 bits per heavy atom. The van der Waals surface area contributed by atoms with E-state index in [9.17, 15) is 14.4 Å².